The predicted octanol–water partition coefficient (Wildman–Crippen LogP) is 3.61. The Morgan fingerprint density at radius 2 is 1.66 bits per heavy atom. The first-order chi connectivity index (χ1) is 13.9. The smallest absolute Gasteiger partial charge is 0.276 e. The Balaban J connectivity index is 2.06. The third kappa shape index (κ3) is 4.81. The van der Waals surface area contributed by atoms with E-state index in [1.807, 2.05) is 6.92 Å². The first-order valence-electron chi connectivity index (χ1n) is 8.74. The van der Waals surface area contributed by atoms with Crippen molar-refractivity contribution < 1.29 is 13.2 Å². The highest BCUT2D eigenvalue weighted by Crippen LogP contribution is 2.18. The number of nitrogens with zero attached hydrogens (tertiary/aromatic N) is 2. The average molecular weight is 405 g/mol. The summed E-state index contributed by atoms with van der Waals surface area (Å²) in [6.45, 7) is 1.88. The molecule has 0 unspecified atom stereocenters. The summed E-state index contributed by atoms with van der Waals surface area (Å²) in [7, 11) is -2.31. The lowest BCUT2D eigenvalue weighted by atomic mass is 10.0. The maximum atomic E-state index is 12.7. The summed E-state index contributed by atoms with van der Waals surface area (Å²) in [6, 6.07) is 22.5. The van der Waals surface area contributed by atoms with Crippen LogP contribution in [0.4, 0.5) is 0 Å². The third-order valence-corrected chi connectivity index (χ3v) is 5.44. The molecular weight excluding hydrogens is 386 g/mol. The van der Waals surface area contributed by atoms with Gasteiger partial charge in [-0.2, -0.15) is 23.6 Å². The van der Waals surface area contributed by atoms with Gasteiger partial charge < -0.3 is 4.74 Å². The van der Waals surface area contributed by atoms with E-state index >= 15 is 0 Å². The van der Waals surface area contributed by atoms with Crippen molar-refractivity contribution in [1.82, 2.24) is 4.83 Å². The van der Waals surface area contributed by atoms with E-state index in [1.54, 1.807) is 67.8 Å². The molecule has 0 heterocycles. The lowest BCUT2D eigenvalue weighted by molar-refractivity contribution is 0.414. The fourth-order valence-electron chi connectivity index (χ4n) is 2.68. The van der Waals surface area contributed by atoms with Crippen LogP contribution in [0.2, 0.25) is 0 Å². The van der Waals surface area contributed by atoms with Crippen LogP contribution in [-0.2, 0) is 10.0 Å². The van der Waals surface area contributed by atoms with Gasteiger partial charge in [0.2, 0.25) is 0 Å². The zero-order chi connectivity index (χ0) is 20.9. The lowest BCUT2D eigenvalue weighted by Crippen LogP contribution is -2.21. The van der Waals surface area contributed by atoms with Crippen LogP contribution in [0.3, 0.4) is 0 Å². The van der Waals surface area contributed by atoms with Gasteiger partial charge in [0, 0.05) is 11.1 Å². The molecular formula is C22H19N3O3S. The summed E-state index contributed by atoms with van der Waals surface area (Å²) in [5.41, 5.74) is 3.02. The van der Waals surface area contributed by atoms with Gasteiger partial charge in [0.05, 0.1) is 29.3 Å². The number of aryl methyl sites for hydroxylation is 1. The van der Waals surface area contributed by atoms with Crippen LogP contribution in [0.15, 0.2) is 82.8 Å². The van der Waals surface area contributed by atoms with Crippen molar-refractivity contribution in [3.63, 3.8) is 0 Å². The van der Waals surface area contributed by atoms with Crippen LogP contribution in [0.1, 0.15) is 22.3 Å². The number of sulfonamides is 1. The van der Waals surface area contributed by atoms with Crippen molar-refractivity contribution in [2.75, 3.05) is 7.11 Å². The fraction of sp³-hybridized carbons (Fsp3) is 0.0909. The largest absolute Gasteiger partial charge is 0.497 e. The highest BCUT2D eigenvalue weighted by molar-refractivity contribution is 7.89. The molecule has 0 saturated carbocycles. The van der Waals surface area contributed by atoms with Crippen LogP contribution in [0.25, 0.3) is 0 Å². The summed E-state index contributed by atoms with van der Waals surface area (Å²) >= 11 is 0. The standard InChI is InChI=1S/C22H19N3O3S/c1-16-9-11-21(12-10-16)29(26,27)25-24-22(18-6-3-5-17(13-18)15-23)19-7-4-8-20(14-19)28-2/h3-14,25H,1-2H3/b24-22-. The first kappa shape index (κ1) is 20.1. The fourth-order valence-corrected chi connectivity index (χ4v) is 3.49. The second kappa shape index (κ2) is 8.59. The molecule has 0 radical (unpaired) electrons. The zero-order valence-electron chi connectivity index (χ0n) is 16.0. The maximum absolute atomic E-state index is 12.7. The third-order valence-electron chi connectivity index (χ3n) is 4.22. The van der Waals surface area contributed by atoms with Crippen molar-refractivity contribution >= 4 is 15.7 Å². The Morgan fingerprint density at radius 3 is 2.31 bits per heavy atom. The van der Waals surface area contributed by atoms with Gasteiger partial charge in [-0.05, 0) is 43.3 Å². The van der Waals surface area contributed by atoms with Crippen LogP contribution in [0, 0.1) is 18.3 Å². The number of rotatable bonds is 6. The van der Waals surface area contributed by atoms with Gasteiger partial charge in [0.25, 0.3) is 10.0 Å². The lowest BCUT2D eigenvalue weighted by Gasteiger charge is -2.11. The van der Waals surface area contributed by atoms with E-state index in [-0.39, 0.29) is 4.90 Å². The Labute approximate surface area is 170 Å². The minimum absolute atomic E-state index is 0.114. The summed E-state index contributed by atoms with van der Waals surface area (Å²) < 4.78 is 30.6. The molecule has 0 amide bonds. The maximum Gasteiger partial charge on any atom is 0.276 e. The Bertz CT molecular complexity index is 1190. The molecule has 3 aromatic carbocycles. The van der Waals surface area contributed by atoms with Gasteiger partial charge in [0.15, 0.2) is 0 Å². The van der Waals surface area contributed by atoms with Gasteiger partial charge in [-0.3, -0.25) is 0 Å². The number of nitriles is 1. The van der Waals surface area contributed by atoms with Gasteiger partial charge in [-0.25, -0.2) is 0 Å². The normalized spacial score (nSPS) is 11.6. The minimum atomic E-state index is -3.85. The molecule has 1 N–H and O–H groups in total. The average Bonchev–Trinajstić information content (AvgIpc) is 2.74. The van der Waals surface area contributed by atoms with Crippen molar-refractivity contribution in [2.45, 2.75) is 11.8 Å². The molecule has 0 saturated heterocycles. The molecule has 0 bridgehead atoms. The molecule has 0 atom stereocenters. The Hall–Kier alpha value is -3.63. The second-order valence-corrected chi connectivity index (χ2v) is 7.95. The van der Waals surface area contributed by atoms with Crippen LogP contribution in [0.5, 0.6) is 5.75 Å². The van der Waals surface area contributed by atoms with Gasteiger partial charge in [-0.15, -0.1) is 0 Å². The highest BCUT2D eigenvalue weighted by Gasteiger charge is 2.15. The van der Waals surface area contributed by atoms with E-state index in [9.17, 15) is 13.7 Å². The summed E-state index contributed by atoms with van der Waals surface area (Å²) in [5.74, 6) is 0.605. The van der Waals surface area contributed by atoms with E-state index in [2.05, 4.69) is 16.0 Å². The molecule has 0 spiro atoms. The van der Waals surface area contributed by atoms with E-state index in [0.717, 1.165) is 5.56 Å². The molecule has 6 nitrogen and oxygen atoms in total. The molecule has 3 aromatic rings. The quantitative estimate of drug-likeness (QED) is 0.501. The van der Waals surface area contributed by atoms with E-state index < -0.39 is 10.0 Å². The van der Waals surface area contributed by atoms with E-state index in [1.165, 1.54) is 12.1 Å². The molecule has 29 heavy (non-hydrogen) atoms. The number of ether oxygens (including phenoxy) is 1. The van der Waals surface area contributed by atoms with Crippen LogP contribution < -0.4 is 9.57 Å². The van der Waals surface area contributed by atoms with Crippen molar-refractivity contribution in [2.24, 2.45) is 5.10 Å². The predicted molar refractivity (Wildman–Crippen MR) is 111 cm³/mol. The number of nitrogens with one attached hydrogen (secondary N) is 1. The SMILES string of the molecule is COc1cccc(/C(=N\NS(=O)(=O)c2ccc(C)cc2)c2cccc(C#N)c2)c1. The summed E-state index contributed by atoms with van der Waals surface area (Å²) in [4.78, 5) is 2.42. The molecule has 0 aliphatic heterocycles. The molecule has 146 valence electrons. The van der Waals surface area contributed by atoms with Gasteiger partial charge >= 0.3 is 0 Å². The number of hydrogen-bond acceptors (Lipinski definition) is 5. The summed E-state index contributed by atoms with van der Waals surface area (Å²) in [5, 5.41) is 13.4. The molecule has 0 aliphatic carbocycles. The van der Waals surface area contributed by atoms with E-state index in [4.69, 9.17) is 4.74 Å². The number of benzene rings is 3. The topological polar surface area (TPSA) is 91.5 Å². The van der Waals surface area contributed by atoms with Crippen LogP contribution >= 0.6 is 0 Å². The number of hydrazone groups is 1. The second-order valence-electron chi connectivity index (χ2n) is 6.29. The van der Waals surface area contributed by atoms with Gasteiger partial charge in [-0.1, -0.05) is 42.0 Å². The molecule has 0 fully saturated rings. The monoisotopic (exact) mass is 405 g/mol. The number of methoxy groups -OCH3 is 1. The van der Waals surface area contributed by atoms with Crippen molar-refractivity contribution in [3.8, 4) is 11.8 Å². The zero-order valence-corrected chi connectivity index (χ0v) is 16.8. The van der Waals surface area contributed by atoms with Gasteiger partial charge in [0.1, 0.15) is 5.75 Å². The molecule has 0 aromatic heterocycles. The Morgan fingerprint density at radius 1 is 1.00 bits per heavy atom. The van der Waals surface area contributed by atoms with Crippen molar-refractivity contribution in [1.29, 1.82) is 5.26 Å². The molecule has 0 aliphatic rings. The molecule has 3 rings (SSSR count). The van der Waals surface area contributed by atoms with Crippen molar-refractivity contribution in [3.05, 3.63) is 95.1 Å². The number of hydrogen-bond donors (Lipinski definition) is 1. The first-order valence-corrected chi connectivity index (χ1v) is 10.2. The molecule has 7 heteroatoms. The highest BCUT2D eigenvalue weighted by atomic mass is 32.2. The Kier molecular flexibility index (Phi) is 5.96. The van der Waals surface area contributed by atoms with Crippen LogP contribution in [-0.4, -0.2) is 21.2 Å². The summed E-state index contributed by atoms with van der Waals surface area (Å²) in [6.07, 6.45) is 0. The minimum Gasteiger partial charge on any atom is -0.497 e. The van der Waals surface area contributed by atoms with E-state index in [0.29, 0.717) is 28.2 Å².